The maximum absolute atomic E-state index is 13.8. The van der Waals surface area contributed by atoms with Crippen LogP contribution >= 0.6 is 11.6 Å². The van der Waals surface area contributed by atoms with Crippen molar-refractivity contribution >= 4 is 23.5 Å². The van der Waals surface area contributed by atoms with Crippen LogP contribution in [-0.4, -0.2) is 23.0 Å². The number of carbonyl (C=O) groups excluding carboxylic acids is 1. The zero-order chi connectivity index (χ0) is 14.7. The number of carboxylic acid groups (broad SMARTS) is 1. The van der Waals surface area contributed by atoms with Crippen LogP contribution in [0.4, 0.5) is 4.39 Å². The van der Waals surface area contributed by atoms with E-state index in [-0.39, 0.29) is 16.5 Å². The van der Waals surface area contributed by atoms with Gasteiger partial charge in [0.15, 0.2) is 5.82 Å². The molecule has 0 aliphatic rings. The Hall–Kier alpha value is -1.62. The van der Waals surface area contributed by atoms with Crippen molar-refractivity contribution in [3.05, 3.63) is 34.1 Å². The van der Waals surface area contributed by atoms with Gasteiger partial charge in [-0.15, -0.1) is 0 Å². The van der Waals surface area contributed by atoms with Gasteiger partial charge in [0.2, 0.25) is 0 Å². The van der Waals surface area contributed by atoms with Crippen LogP contribution in [-0.2, 0) is 4.79 Å². The van der Waals surface area contributed by atoms with Gasteiger partial charge >= 0.3 is 5.97 Å². The molecular weight excluding hydrogens is 273 g/mol. The summed E-state index contributed by atoms with van der Waals surface area (Å²) < 4.78 is 13.8. The summed E-state index contributed by atoms with van der Waals surface area (Å²) in [6.45, 7) is 4.91. The highest BCUT2D eigenvalue weighted by molar-refractivity contribution is 6.31. The normalized spacial score (nSPS) is 12.3. The van der Waals surface area contributed by atoms with Crippen molar-refractivity contribution in [2.75, 3.05) is 0 Å². The fourth-order valence-corrected chi connectivity index (χ4v) is 1.72. The van der Waals surface area contributed by atoms with Crippen molar-refractivity contribution in [1.82, 2.24) is 5.32 Å². The monoisotopic (exact) mass is 287 g/mol. The molecule has 1 rings (SSSR count). The summed E-state index contributed by atoms with van der Waals surface area (Å²) in [4.78, 5) is 22.9. The number of rotatable bonds is 4. The highest BCUT2D eigenvalue weighted by atomic mass is 35.5. The van der Waals surface area contributed by atoms with Gasteiger partial charge in [-0.25, -0.2) is 9.18 Å². The predicted molar refractivity (Wildman–Crippen MR) is 69.9 cm³/mol. The van der Waals surface area contributed by atoms with Gasteiger partial charge < -0.3 is 10.4 Å². The second-order valence-electron chi connectivity index (χ2n) is 4.59. The van der Waals surface area contributed by atoms with Crippen LogP contribution < -0.4 is 5.32 Å². The van der Waals surface area contributed by atoms with E-state index in [2.05, 4.69) is 5.32 Å². The van der Waals surface area contributed by atoms with Crippen LogP contribution in [0.3, 0.4) is 0 Å². The van der Waals surface area contributed by atoms with Crippen molar-refractivity contribution in [3.8, 4) is 0 Å². The zero-order valence-corrected chi connectivity index (χ0v) is 11.6. The molecule has 0 bridgehead atoms. The minimum Gasteiger partial charge on any atom is -0.480 e. The lowest BCUT2D eigenvalue weighted by Crippen LogP contribution is -2.44. The Kier molecular flexibility index (Phi) is 4.89. The Bertz CT molecular complexity index is 517. The molecule has 2 N–H and O–H groups in total. The van der Waals surface area contributed by atoms with Crippen LogP contribution in [0.25, 0.3) is 0 Å². The molecule has 0 aromatic heterocycles. The number of aliphatic carboxylic acids is 1. The van der Waals surface area contributed by atoms with E-state index in [1.807, 2.05) is 0 Å². The second kappa shape index (κ2) is 6.02. The van der Waals surface area contributed by atoms with Gasteiger partial charge in [-0.3, -0.25) is 4.79 Å². The average Bonchev–Trinajstić information content (AvgIpc) is 2.32. The Morgan fingerprint density at radius 2 is 1.95 bits per heavy atom. The molecule has 0 spiro atoms. The molecule has 1 amide bonds. The van der Waals surface area contributed by atoms with Gasteiger partial charge in [-0.2, -0.15) is 0 Å². The molecule has 0 aliphatic heterocycles. The molecule has 1 atom stereocenters. The Morgan fingerprint density at radius 1 is 1.37 bits per heavy atom. The third kappa shape index (κ3) is 3.44. The molecule has 0 unspecified atom stereocenters. The second-order valence-corrected chi connectivity index (χ2v) is 4.97. The number of aryl methyl sites for hydroxylation is 1. The van der Waals surface area contributed by atoms with Gasteiger partial charge in [0.25, 0.3) is 5.91 Å². The van der Waals surface area contributed by atoms with E-state index in [1.54, 1.807) is 20.8 Å². The molecule has 4 nitrogen and oxygen atoms in total. The van der Waals surface area contributed by atoms with E-state index in [0.717, 1.165) is 0 Å². The fourth-order valence-electron chi connectivity index (χ4n) is 1.55. The van der Waals surface area contributed by atoms with Crippen molar-refractivity contribution < 1.29 is 19.1 Å². The zero-order valence-electron chi connectivity index (χ0n) is 10.8. The third-order valence-corrected chi connectivity index (χ3v) is 3.20. The van der Waals surface area contributed by atoms with E-state index in [4.69, 9.17) is 16.7 Å². The third-order valence-electron chi connectivity index (χ3n) is 2.74. The molecule has 6 heteroatoms. The minimum atomic E-state index is -1.16. The van der Waals surface area contributed by atoms with E-state index in [1.165, 1.54) is 12.1 Å². The topological polar surface area (TPSA) is 66.4 Å². The molecule has 0 aliphatic carbocycles. The maximum Gasteiger partial charge on any atom is 0.326 e. The summed E-state index contributed by atoms with van der Waals surface area (Å²) in [5.74, 6) is -3.11. The Morgan fingerprint density at radius 3 is 2.42 bits per heavy atom. The number of hydrogen-bond acceptors (Lipinski definition) is 2. The van der Waals surface area contributed by atoms with E-state index < -0.39 is 23.7 Å². The lowest BCUT2D eigenvalue weighted by Gasteiger charge is -2.18. The van der Waals surface area contributed by atoms with Crippen LogP contribution in [0.2, 0.25) is 5.02 Å². The van der Waals surface area contributed by atoms with Crippen LogP contribution in [0, 0.1) is 18.7 Å². The Labute approximate surface area is 115 Å². The predicted octanol–water partition coefficient (Wildman–Crippen LogP) is 2.63. The van der Waals surface area contributed by atoms with E-state index >= 15 is 0 Å². The number of carbonyl (C=O) groups is 2. The number of nitrogens with one attached hydrogen (secondary N) is 1. The summed E-state index contributed by atoms with van der Waals surface area (Å²) in [5, 5.41) is 11.1. The number of amides is 1. The fraction of sp³-hybridized carbons (Fsp3) is 0.385. The highest BCUT2D eigenvalue weighted by Crippen LogP contribution is 2.22. The molecule has 0 saturated heterocycles. The number of carboxylic acids is 1. The lowest BCUT2D eigenvalue weighted by atomic mass is 10.0. The molecule has 0 radical (unpaired) electrons. The van der Waals surface area contributed by atoms with E-state index in [0.29, 0.717) is 5.56 Å². The smallest absolute Gasteiger partial charge is 0.326 e. The van der Waals surface area contributed by atoms with Crippen LogP contribution in [0.15, 0.2) is 12.1 Å². The van der Waals surface area contributed by atoms with Gasteiger partial charge in [0.05, 0.1) is 10.6 Å². The Balaban J connectivity index is 3.02. The average molecular weight is 288 g/mol. The quantitative estimate of drug-likeness (QED) is 0.894. The lowest BCUT2D eigenvalue weighted by molar-refractivity contribution is -0.140. The molecular formula is C13H15ClFNO3. The molecule has 1 aromatic carbocycles. The summed E-state index contributed by atoms with van der Waals surface area (Å²) in [5.41, 5.74) is 0.247. The van der Waals surface area contributed by atoms with Crippen molar-refractivity contribution in [2.45, 2.75) is 26.8 Å². The van der Waals surface area contributed by atoms with Crippen LogP contribution in [0.1, 0.15) is 29.8 Å². The SMILES string of the molecule is Cc1ccc(C(=O)N[C@@H](C(=O)O)C(C)C)c(F)c1Cl. The molecule has 104 valence electrons. The molecule has 0 saturated carbocycles. The van der Waals surface area contributed by atoms with Crippen molar-refractivity contribution in [2.24, 2.45) is 5.92 Å². The maximum atomic E-state index is 13.8. The summed E-state index contributed by atoms with van der Waals surface area (Å²) in [6.07, 6.45) is 0. The first-order valence-electron chi connectivity index (χ1n) is 5.74. The van der Waals surface area contributed by atoms with E-state index in [9.17, 15) is 14.0 Å². The largest absolute Gasteiger partial charge is 0.480 e. The molecule has 19 heavy (non-hydrogen) atoms. The number of hydrogen-bond donors (Lipinski definition) is 2. The summed E-state index contributed by atoms with van der Waals surface area (Å²) in [7, 11) is 0. The van der Waals surface area contributed by atoms with Crippen molar-refractivity contribution in [3.63, 3.8) is 0 Å². The van der Waals surface area contributed by atoms with Crippen LogP contribution in [0.5, 0.6) is 0 Å². The van der Waals surface area contributed by atoms with Gasteiger partial charge in [0, 0.05) is 0 Å². The highest BCUT2D eigenvalue weighted by Gasteiger charge is 2.25. The first kappa shape index (κ1) is 15.4. The van der Waals surface area contributed by atoms with Crippen molar-refractivity contribution in [1.29, 1.82) is 0 Å². The molecule has 1 aromatic rings. The first-order chi connectivity index (χ1) is 8.75. The number of halogens is 2. The first-order valence-corrected chi connectivity index (χ1v) is 6.11. The molecule has 0 heterocycles. The standard InChI is InChI=1S/C13H15ClFNO3/c1-6(2)11(13(18)19)16-12(17)8-5-4-7(3)9(14)10(8)15/h4-6,11H,1-3H3,(H,16,17)(H,18,19)/t11-/m1/s1. The van der Waals surface area contributed by atoms with Gasteiger partial charge in [0.1, 0.15) is 6.04 Å². The van der Waals surface area contributed by atoms with Gasteiger partial charge in [-0.1, -0.05) is 31.5 Å². The molecule has 0 fully saturated rings. The van der Waals surface area contributed by atoms with Gasteiger partial charge in [-0.05, 0) is 24.5 Å². The summed E-state index contributed by atoms with van der Waals surface area (Å²) >= 11 is 5.72. The minimum absolute atomic E-state index is 0.135. The number of benzene rings is 1. The summed E-state index contributed by atoms with van der Waals surface area (Å²) in [6, 6.07) is 1.71.